The fourth-order valence-corrected chi connectivity index (χ4v) is 2.51. The summed E-state index contributed by atoms with van der Waals surface area (Å²) in [6, 6.07) is 12.8. The molecule has 0 amide bonds. The van der Waals surface area contributed by atoms with Crippen molar-refractivity contribution in [1.29, 1.82) is 5.26 Å². The van der Waals surface area contributed by atoms with Gasteiger partial charge < -0.3 is 4.74 Å². The van der Waals surface area contributed by atoms with Crippen LogP contribution in [0.2, 0.25) is 0 Å². The number of carbonyl (C=O) groups is 1. The van der Waals surface area contributed by atoms with Crippen molar-refractivity contribution in [1.82, 2.24) is 9.38 Å². The molecule has 0 aliphatic carbocycles. The standard InChI is InChI=1S/C19H17N5O2/c1-3-26-18(25)11-16-19(24-9-8-13(2)10-17(24)21-16)23-22-15-7-5-4-6-14(15)12-20/h4-10H,3,11H2,1-2H3. The number of rotatable bonds is 5. The number of aromatic nitrogens is 2. The van der Waals surface area contributed by atoms with E-state index in [1.54, 1.807) is 35.6 Å². The number of nitrogens with zero attached hydrogens (tertiary/aromatic N) is 5. The van der Waals surface area contributed by atoms with Gasteiger partial charge in [-0.1, -0.05) is 12.1 Å². The molecule has 7 nitrogen and oxygen atoms in total. The second-order valence-electron chi connectivity index (χ2n) is 5.63. The largest absolute Gasteiger partial charge is 0.466 e. The van der Waals surface area contributed by atoms with Crippen LogP contribution in [0.25, 0.3) is 5.65 Å². The quantitative estimate of drug-likeness (QED) is 0.514. The maximum absolute atomic E-state index is 11.9. The maximum Gasteiger partial charge on any atom is 0.312 e. The average molecular weight is 347 g/mol. The Morgan fingerprint density at radius 3 is 2.88 bits per heavy atom. The molecular weight excluding hydrogens is 330 g/mol. The van der Waals surface area contributed by atoms with E-state index in [0.29, 0.717) is 35.0 Å². The summed E-state index contributed by atoms with van der Waals surface area (Å²) in [7, 11) is 0. The monoisotopic (exact) mass is 347 g/mol. The maximum atomic E-state index is 11.9. The highest BCUT2D eigenvalue weighted by Crippen LogP contribution is 2.26. The number of hydrogen-bond acceptors (Lipinski definition) is 6. The summed E-state index contributed by atoms with van der Waals surface area (Å²) in [5.74, 6) is 0.0716. The highest BCUT2D eigenvalue weighted by atomic mass is 16.5. The molecule has 2 aromatic heterocycles. The van der Waals surface area contributed by atoms with Crippen LogP contribution in [0.4, 0.5) is 11.5 Å². The van der Waals surface area contributed by atoms with Crippen molar-refractivity contribution >= 4 is 23.1 Å². The third-order valence-electron chi connectivity index (χ3n) is 3.72. The fraction of sp³-hybridized carbons (Fsp3) is 0.211. The van der Waals surface area contributed by atoms with E-state index >= 15 is 0 Å². The first kappa shape index (κ1) is 17.3. The number of nitriles is 1. The Kier molecular flexibility index (Phi) is 5.04. The number of fused-ring (bicyclic) bond motifs is 1. The highest BCUT2D eigenvalue weighted by Gasteiger charge is 2.16. The van der Waals surface area contributed by atoms with Gasteiger partial charge in [0.25, 0.3) is 0 Å². The van der Waals surface area contributed by atoms with E-state index in [1.807, 2.05) is 25.3 Å². The van der Waals surface area contributed by atoms with Gasteiger partial charge in [0.15, 0.2) is 5.82 Å². The smallest absolute Gasteiger partial charge is 0.312 e. The average Bonchev–Trinajstić information content (AvgIpc) is 2.96. The van der Waals surface area contributed by atoms with Crippen LogP contribution in [0.15, 0.2) is 52.8 Å². The lowest BCUT2D eigenvalue weighted by Crippen LogP contribution is -2.07. The van der Waals surface area contributed by atoms with E-state index in [4.69, 9.17) is 4.74 Å². The first-order valence-electron chi connectivity index (χ1n) is 8.16. The van der Waals surface area contributed by atoms with Gasteiger partial charge in [0.2, 0.25) is 0 Å². The Morgan fingerprint density at radius 1 is 1.31 bits per heavy atom. The molecule has 0 aliphatic heterocycles. The van der Waals surface area contributed by atoms with Crippen LogP contribution < -0.4 is 0 Å². The molecule has 0 saturated heterocycles. The van der Waals surface area contributed by atoms with Gasteiger partial charge in [-0.2, -0.15) is 5.26 Å². The summed E-state index contributed by atoms with van der Waals surface area (Å²) < 4.78 is 6.78. The molecule has 0 saturated carbocycles. The molecule has 130 valence electrons. The van der Waals surface area contributed by atoms with Gasteiger partial charge in [-0.05, 0) is 43.7 Å². The van der Waals surface area contributed by atoms with Gasteiger partial charge in [-0.3, -0.25) is 9.20 Å². The molecule has 3 rings (SSSR count). The molecule has 0 fully saturated rings. The van der Waals surface area contributed by atoms with Crippen molar-refractivity contribution in [3.05, 3.63) is 59.4 Å². The lowest BCUT2D eigenvalue weighted by Gasteiger charge is -2.01. The van der Waals surface area contributed by atoms with Gasteiger partial charge in [0, 0.05) is 6.20 Å². The molecule has 26 heavy (non-hydrogen) atoms. The van der Waals surface area contributed by atoms with Crippen LogP contribution in [-0.2, 0) is 16.0 Å². The summed E-state index contributed by atoms with van der Waals surface area (Å²) in [5, 5.41) is 17.7. The third-order valence-corrected chi connectivity index (χ3v) is 3.72. The summed E-state index contributed by atoms with van der Waals surface area (Å²) >= 11 is 0. The minimum atomic E-state index is -0.374. The van der Waals surface area contributed by atoms with Crippen LogP contribution in [-0.4, -0.2) is 22.0 Å². The molecule has 0 radical (unpaired) electrons. The topological polar surface area (TPSA) is 92.1 Å². The molecule has 0 atom stereocenters. The summed E-state index contributed by atoms with van der Waals surface area (Å²) in [5.41, 5.74) is 3.08. The van der Waals surface area contributed by atoms with Crippen molar-refractivity contribution in [2.45, 2.75) is 20.3 Å². The Labute approximate surface area is 150 Å². The minimum absolute atomic E-state index is 0.00280. The molecular formula is C19H17N5O2. The number of pyridine rings is 1. The van der Waals surface area contributed by atoms with Gasteiger partial charge in [0.1, 0.15) is 17.4 Å². The number of hydrogen-bond donors (Lipinski definition) is 0. The molecule has 0 bridgehead atoms. The van der Waals surface area contributed by atoms with Crippen molar-refractivity contribution < 1.29 is 9.53 Å². The van der Waals surface area contributed by atoms with E-state index in [0.717, 1.165) is 5.56 Å². The Balaban J connectivity index is 2.06. The number of aryl methyl sites for hydroxylation is 1. The van der Waals surface area contributed by atoms with Crippen LogP contribution in [0.3, 0.4) is 0 Å². The predicted octanol–water partition coefficient (Wildman–Crippen LogP) is 4.04. The molecule has 0 spiro atoms. The Morgan fingerprint density at radius 2 is 2.12 bits per heavy atom. The van der Waals surface area contributed by atoms with Crippen LogP contribution >= 0.6 is 0 Å². The van der Waals surface area contributed by atoms with Crippen molar-refractivity contribution in [3.63, 3.8) is 0 Å². The second kappa shape index (κ2) is 7.57. The lowest BCUT2D eigenvalue weighted by molar-refractivity contribution is -0.142. The Hall–Kier alpha value is -3.53. The van der Waals surface area contributed by atoms with Gasteiger partial charge in [-0.15, -0.1) is 10.2 Å². The molecule has 2 heterocycles. The predicted molar refractivity (Wildman–Crippen MR) is 95.6 cm³/mol. The molecule has 3 aromatic rings. The van der Waals surface area contributed by atoms with Gasteiger partial charge >= 0.3 is 5.97 Å². The summed E-state index contributed by atoms with van der Waals surface area (Å²) in [6.07, 6.45) is 1.83. The number of azo groups is 1. The van der Waals surface area contributed by atoms with Crippen molar-refractivity contribution in [3.8, 4) is 6.07 Å². The van der Waals surface area contributed by atoms with Crippen molar-refractivity contribution in [2.24, 2.45) is 10.2 Å². The molecule has 0 N–H and O–H groups in total. The van der Waals surface area contributed by atoms with E-state index in [-0.39, 0.29) is 12.4 Å². The number of imidazole rings is 1. The third kappa shape index (κ3) is 3.59. The Bertz CT molecular complexity index is 1030. The summed E-state index contributed by atoms with van der Waals surface area (Å²) in [4.78, 5) is 16.4. The summed E-state index contributed by atoms with van der Waals surface area (Å²) in [6.45, 7) is 4.02. The number of carbonyl (C=O) groups excluding carboxylic acids is 1. The van der Waals surface area contributed by atoms with E-state index < -0.39 is 0 Å². The highest BCUT2D eigenvalue weighted by molar-refractivity contribution is 5.74. The molecule has 0 unspecified atom stereocenters. The first-order chi connectivity index (χ1) is 12.6. The minimum Gasteiger partial charge on any atom is -0.466 e. The number of esters is 1. The van der Waals surface area contributed by atoms with Crippen molar-refractivity contribution in [2.75, 3.05) is 6.61 Å². The zero-order valence-electron chi connectivity index (χ0n) is 14.5. The zero-order chi connectivity index (χ0) is 18.5. The van der Waals surface area contributed by atoms with E-state index in [1.165, 1.54) is 0 Å². The van der Waals surface area contributed by atoms with Crippen LogP contribution in [0, 0.1) is 18.3 Å². The molecule has 7 heteroatoms. The van der Waals surface area contributed by atoms with E-state index in [9.17, 15) is 10.1 Å². The van der Waals surface area contributed by atoms with Crippen LogP contribution in [0.5, 0.6) is 0 Å². The molecule has 1 aromatic carbocycles. The van der Waals surface area contributed by atoms with Gasteiger partial charge in [0.05, 0.1) is 24.3 Å². The SMILES string of the molecule is CCOC(=O)Cc1nc2cc(C)ccn2c1N=Nc1ccccc1C#N. The molecule has 0 aliphatic rings. The second-order valence-corrected chi connectivity index (χ2v) is 5.63. The van der Waals surface area contributed by atoms with Gasteiger partial charge in [-0.25, -0.2) is 4.98 Å². The van der Waals surface area contributed by atoms with Crippen LogP contribution in [0.1, 0.15) is 23.7 Å². The normalized spacial score (nSPS) is 11.0. The lowest BCUT2D eigenvalue weighted by atomic mass is 10.2. The number of ether oxygens (including phenoxy) is 1. The number of benzene rings is 1. The van der Waals surface area contributed by atoms with E-state index in [2.05, 4.69) is 21.3 Å². The fourth-order valence-electron chi connectivity index (χ4n) is 2.51. The zero-order valence-corrected chi connectivity index (χ0v) is 14.5. The first-order valence-corrected chi connectivity index (χ1v) is 8.16.